The van der Waals surface area contributed by atoms with Gasteiger partial charge in [-0.25, -0.2) is 0 Å². The van der Waals surface area contributed by atoms with Crippen molar-refractivity contribution >= 4 is 5.78 Å². The van der Waals surface area contributed by atoms with Crippen molar-refractivity contribution in [3.8, 4) is 0 Å². The number of piperidine rings is 1. The zero-order valence-corrected chi connectivity index (χ0v) is 12.2. The minimum atomic E-state index is 0.351. The summed E-state index contributed by atoms with van der Waals surface area (Å²) in [6.45, 7) is 7.06. The number of carbonyl (C=O) groups excluding carboxylic acids is 1. The van der Waals surface area contributed by atoms with Crippen LogP contribution in [-0.2, 0) is 4.79 Å². The lowest BCUT2D eigenvalue weighted by molar-refractivity contribution is -0.121. The highest BCUT2D eigenvalue weighted by Crippen LogP contribution is 2.17. The highest BCUT2D eigenvalue weighted by atomic mass is 16.1. The normalized spacial score (nSPS) is 19.9. The van der Waals surface area contributed by atoms with Crippen LogP contribution in [0, 0.1) is 5.92 Å². The lowest BCUT2D eigenvalue weighted by Crippen LogP contribution is -2.42. The van der Waals surface area contributed by atoms with Gasteiger partial charge in [0.2, 0.25) is 0 Å². The first-order valence-corrected chi connectivity index (χ1v) is 7.65. The van der Waals surface area contributed by atoms with Crippen LogP contribution in [0.25, 0.3) is 0 Å². The molecule has 1 fully saturated rings. The Labute approximate surface area is 112 Å². The molecular weight excluding hydrogens is 224 g/mol. The highest BCUT2D eigenvalue weighted by molar-refractivity contribution is 5.80. The van der Waals surface area contributed by atoms with E-state index in [1.165, 1.54) is 19.3 Å². The Morgan fingerprint density at radius 1 is 1.33 bits per heavy atom. The van der Waals surface area contributed by atoms with Crippen LogP contribution >= 0.6 is 0 Å². The summed E-state index contributed by atoms with van der Waals surface area (Å²) < 4.78 is 0. The van der Waals surface area contributed by atoms with E-state index in [0.29, 0.717) is 24.3 Å². The second-order valence-electron chi connectivity index (χ2n) is 5.77. The standard InChI is InChI=1S/C15H30N2O/c1-3-5-6-13(4-2)11-15(18)12-17-9-7-14(16)8-10-17/h13-14H,3-12,16H2,1-2H3. The van der Waals surface area contributed by atoms with Gasteiger partial charge in [-0.2, -0.15) is 0 Å². The van der Waals surface area contributed by atoms with E-state index in [2.05, 4.69) is 18.7 Å². The molecule has 0 aromatic heterocycles. The van der Waals surface area contributed by atoms with Crippen molar-refractivity contribution in [2.24, 2.45) is 11.7 Å². The van der Waals surface area contributed by atoms with E-state index in [4.69, 9.17) is 5.73 Å². The predicted octanol–water partition coefficient (Wildman–Crippen LogP) is 2.59. The molecule has 1 rings (SSSR count). The quantitative estimate of drug-likeness (QED) is 0.724. The maximum Gasteiger partial charge on any atom is 0.147 e. The van der Waals surface area contributed by atoms with E-state index in [1.807, 2.05) is 0 Å². The van der Waals surface area contributed by atoms with Crippen LogP contribution in [0.4, 0.5) is 0 Å². The Bertz CT molecular complexity index is 226. The molecule has 0 aliphatic carbocycles. The lowest BCUT2D eigenvalue weighted by atomic mass is 9.93. The number of hydrogen-bond donors (Lipinski definition) is 1. The molecule has 1 aliphatic rings. The van der Waals surface area contributed by atoms with Crippen LogP contribution < -0.4 is 5.73 Å². The molecule has 3 nitrogen and oxygen atoms in total. The zero-order valence-electron chi connectivity index (χ0n) is 12.2. The predicted molar refractivity (Wildman–Crippen MR) is 76.6 cm³/mol. The van der Waals surface area contributed by atoms with Crippen molar-refractivity contribution < 1.29 is 4.79 Å². The average molecular weight is 254 g/mol. The highest BCUT2D eigenvalue weighted by Gasteiger charge is 2.19. The Morgan fingerprint density at radius 2 is 2.00 bits per heavy atom. The topological polar surface area (TPSA) is 46.3 Å². The van der Waals surface area contributed by atoms with E-state index in [-0.39, 0.29) is 0 Å². The van der Waals surface area contributed by atoms with Gasteiger partial charge in [0.25, 0.3) is 0 Å². The summed E-state index contributed by atoms with van der Waals surface area (Å²) in [7, 11) is 0. The molecule has 0 saturated carbocycles. The van der Waals surface area contributed by atoms with Gasteiger partial charge in [0.05, 0.1) is 6.54 Å². The van der Waals surface area contributed by atoms with Gasteiger partial charge in [0, 0.05) is 25.6 Å². The molecule has 1 atom stereocenters. The van der Waals surface area contributed by atoms with E-state index >= 15 is 0 Å². The van der Waals surface area contributed by atoms with Crippen LogP contribution in [0.2, 0.25) is 0 Å². The lowest BCUT2D eigenvalue weighted by Gasteiger charge is -2.29. The summed E-state index contributed by atoms with van der Waals surface area (Å²) in [5.74, 6) is 1.03. The van der Waals surface area contributed by atoms with Crippen LogP contribution in [-0.4, -0.2) is 36.4 Å². The fourth-order valence-electron chi connectivity index (χ4n) is 2.69. The number of hydrogen-bond acceptors (Lipinski definition) is 3. The molecule has 1 aliphatic heterocycles. The molecule has 0 amide bonds. The van der Waals surface area contributed by atoms with Crippen molar-refractivity contribution in [2.75, 3.05) is 19.6 Å². The van der Waals surface area contributed by atoms with E-state index < -0.39 is 0 Å². The zero-order chi connectivity index (χ0) is 13.4. The Kier molecular flexibility index (Phi) is 7.52. The first-order valence-electron chi connectivity index (χ1n) is 7.65. The summed E-state index contributed by atoms with van der Waals surface area (Å²) in [6, 6.07) is 0.351. The number of ketones is 1. The minimum Gasteiger partial charge on any atom is -0.328 e. The van der Waals surface area contributed by atoms with Crippen molar-refractivity contribution in [1.29, 1.82) is 0 Å². The molecule has 0 bridgehead atoms. The van der Waals surface area contributed by atoms with Crippen LogP contribution in [0.15, 0.2) is 0 Å². The molecule has 18 heavy (non-hydrogen) atoms. The molecule has 0 spiro atoms. The molecule has 3 heteroatoms. The minimum absolute atomic E-state index is 0.351. The number of Topliss-reactive ketones (excluding diaryl/α,β-unsaturated/α-hetero) is 1. The number of carbonyl (C=O) groups is 1. The van der Waals surface area contributed by atoms with Gasteiger partial charge in [0.1, 0.15) is 5.78 Å². The monoisotopic (exact) mass is 254 g/mol. The first kappa shape index (κ1) is 15.6. The maximum atomic E-state index is 12.1. The van der Waals surface area contributed by atoms with Crippen molar-refractivity contribution in [1.82, 2.24) is 4.90 Å². The fourth-order valence-corrected chi connectivity index (χ4v) is 2.69. The van der Waals surface area contributed by atoms with Crippen LogP contribution in [0.3, 0.4) is 0 Å². The number of nitrogens with two attached hydrogens (primary N) is 1. The smallest absolute Gasteiger partial charge is 0.147 e. The average Bonchev–Trinajstić information content (AvgIpc) is 2.37. The molecule has 106 valence electrons. The number of unbranched alkanes of at least 4 members (excludes halogenated alkanes) is 1. The summed E-state index contributed by atoms with van der Waals surface area (Å²) in [5.41, 5.74) is 5.87. The molecule has 0 radical (unpaired) electrons. The van der Waals surface area contributed by atoms with E-state index in [1.54, 1.807) is 0 Å². The molecule has 0 aromatic rings. The third-order valence-electron chi connectivity index (χ3n) is 4.09. The molecule has 0 aromatic carbocycles. The van der Waals surface area contributed by atoms with Gasteiger partial charge in [-0.15, -0.1) is 0 Å². The number of likely N-dealkylation sites (tertiary alicyclic amines) is 1. The van der Waals surface area contributed by atoms with Crippen LogP contribution in [0.1, 0.15) is 58.8 Å². The third-order valence-corrected chi connectivity index (χ3v) is 4.09. The molecule has 1 unspecified atom stereocenters. The Balaban J connectivity index is 2.23. The fraction of sp³-hybridized carbons (Fsp3) is 0.933. The van der Waals surface area contributed by atoms with Gasteiger partial charge in [0.15, 0.2) is 0 Å². The van der Waals surface area contributed by atoms with Crippen LogP contribution in [0.5, 0.6) is 0 Å². The third kappa shape index (κ3) is 5.96. The van der Waals surface area contributed by atoms with Gasteiger partial charge >= 0.3 is 0 Å². The Morgan fingerprint density at radius 3 is 2.56 bits per heavy atom. The molecule has 2 N–H and O–H groups in total. The van der Waals surface area contributed by atoms with E-state index in [9.17, 15) is 4.79 Å². The maximum absolute atomic E-state index is 12.1. The van der Waals surface area contributed by atoms with Crippen molar-refractivity contribution in [3.63, 3.8) is 0 Å². The molecule has 1 saturated heterocycles. The number of nitrogens with zero attached hydrogens (tertiary/aromatic N) is 1. The Hall–Kier alpha value is -0.410. The molecule has 1 heterocycles. The second-order valence-corrected chi connectivity index (χ2v) is 5.77. The summed E-state index contributed by atoms with van der Waals surface area (Å²) >= 11 is 0. The summed E-state index contributed by atoms with van der Waals surface area (Å²) in [5, 5.41) is 0. The van der Waals surface area contributed by atoms with Gasteiger partial charge in [-0.05, 0) is 18.8 Å². The SMILES string of the molecule is CCCCC(CC)CC(=O)CN1CCC(N)CC1. The summed E-state index contributed by atoms with van der Waals surface area (Å²) in [6.07, 6.45) is 7.69. The van der Waals surface area contributed by atoms with Gasteiger partial charge in [-0.1, -0.05) is 39.5 Å². The van der Waals surface area contributed by atoms with E-state index in [0.717, 1.165) is 38.8 Å². The van der Waals surface area contributed by atoms with Crippen molar-refractivity contribution in [2.45, 2.75) is 64.8 Å². The van der Waals surface area contributed by atoms with Gasteiger partial charge < -0.3 is 5.73 Å². The first-order chi connectivity index (χ1) is 8.65. The largest absolute Gasteiger partial charge is 0.328 e. The van der Waals surface area contributed by atoms with Crippen molar-refractivity contribution in [3.05, 3.63) is 0 Å². The second kappa shape index (κ2) is 8.65. The summed E-state index contributed by atoms with van der Waals surface area (Å²) in [4.78, 5) is 14.3. The molecular formula is C15H30N2O. The van der Waals surface area contributed by atoms with Gasteiger partial charge in [-0.3, -0.25) is 9.69 Å². The number of rotatable bonds is 8.